The Morgan fingerprint density at radius 1 is 1.41 bits per heavy atom. The zero-order valence-corrected chi connectivity index (χ0v) is 11.3. The Balaban J connectivity index is 2.11. The molecule has 4 nitrogen and oxygen atoms in total. The monoisotopic (exact) mass is 256 g/mol. The van der Waals surface area contributed by atoms with E-state index in [0.717, 1.165) is 23.9 Å². The first kappa shape index (κ1) is 14.1. The van der Waals surface area contributed by atoms with Gasteiger partial charge in [0.15, 0.2) is 0 Å². The first-order chi connectivity index (χ1) is 8.09. The van der Waals surface area contributed by atoms with Crippen molar-refractivity contribution in [3.8, 4) is 0 Å². The highest BCUT2D eigenvalue weighted by molar-refractivity contribution is 7.15. The minimum atomic E-state index is -0.337. The molecule has 0 unspecified atom stereocenters. The lowest BCUT2D eigenvalue weighted by Gasteiger charge is -2.05. The molecule has 1 rings (SSSR count). The molecule has 0 aliphatic carbocycles. The summed E-state index contributed by atoms with van der Waals surface area (Å²) in [4.78, 5) is 11.2. The maximum atomic E-state index is 10.5. The molecule has 1 aromatic rings. The van der Waals surface area contributed by atoms with E-state index in [1.54, 1.807) is 6.07 Å². The molecule has 0 spiro atoms. The van der Waals surface area contributed by atoms with E-state index in [9.17, 15) is 10.1 Å². The fourth-order valence-corrected chi connectivity index (χ4v) is 2.36. The Morgan fingerprint density at radius 3 is 2.76 bits per heavy atom. The van der Waals surface area contributed by atoms with Crippen LogP contribution in [0, 0.1) is 16.0 Å². The normalized spacial score (nSPS) is 11.0. The average molecular weight is 256 g/mol. The topological polar surface area (TPSA) is 55.2 Å². The maximum absolute atomic E-state index is 10.5. The third-order valence-electron chi connectivity index (χ3n) is 2.51. The van der Waals surface area contributed by atoms with Gasteiger partial charge >= 0.3 is 5.00 Å². The zero-order valence-electron chi connectivity index (χ0n) is 10.4. The summed E-state index contributed by atoms with van der Waals surface area (Å²) in [6.07, 6.45) is 3.69. The number of hydrogen-bond donors (Lipinski definition) is 1. The van der Waals surface area contributed by atoms with Crippen molar-refractivity contribution in [3.63, 3.8) is 0 Å². The fraction of sp³-hybridized carbons (Fsp3) is 0.667. The van der Waals surface area contributed by atoms with Crippen molar-refractivity contribution in [2.75, 3.05) is 6.54 Å². The first-order valence-corrected chi connectivity index (χ1v) is 6.85. The van der Waals surface area contributed by atoms with Crippen LogP contribution in [0.3, 0.4) is 0 Å². The molecule has 0 saturated carbocycles. The van der Waals surface area contributed by atoms with E-state index in [1.807, 2.05) is 6.07 Å². The molecular weight excluding hydrogens is 236 g/mol. The number of nitro groups is 1. The smallest absolute Gasteiger partial charge is 0.312 e. The predicted octanol–water partition coefficient (Wildman–Crippen LogP) is 3.57. The van der Waals surface area contributed by atoms with Crippen molar-refractivity contribution in [1.29, 1.82) is 0 Å². The van der Waals surface area contributed by atoms with E-state index in [0.29, 0.717) is 0 Å². The lowest BCUT2D eigenvalue weighted by Crippen LogP contribution is -2.13. The summed E-state index contributed by atoms with van der Waals surface area (Å²) < 4.78 is 0. The molecule has 0 fully saturated rings. The van der Waals surface area contributed by atoms with Gasteiger partial charge < -0.3 is 5.32 Å². The average Bonchev–Trinajstić information content (AvgIpc) is 2.71. The maximum Gasteiger partial charge on any atom is 0.324 e. The van der Waals surface area contributed by atoms with Gasteiger partial charge in [-0.1, -0.05) is 38.0 Å². The van der Waals surface area contributed by atoms with Crippen molar-refractivity contribution in [3.05, 3.63) is 27.1 Å². The SMILES string of the molecule is CC(C)CCCCNCc1ccc([N+](=O)[O-])s1. The quantitative estimate of drug-likeness (QED) is 0.439. The number of nitrogens with zero attached hydrogens (tertiary/aromatic N) is 1. The van der Waals surface area contributed by atoms with Gasteiger partial charge in [0.2, 0.25) is 0 Å². The predicted molar refractivity (Wildman–Crippen MR) is 71.4 cm³/mol. The van der Waals surface area contributed by atoms with E-state index in [4.69, 9.17) is 0 Å². The van der Waals surface area contributed by atoms with Crippen molar-refractivity contribution >= 4 is 16.3 Å². The summed E-state index contributed by atoms with van der Waals surface area (Å²) in [6, 6.07) is 3.39. The van der Waals surface area contributed by atoms with E-state index in [1.165, 1.54) is 30.6 Å². The van der Waals surface area contributed by atoms with Gasteiger partial charge in [-0.2, -0.15) is 0 Å². The molecule has 0 atom stereocenters. The summed E-state index contributed by atoms with van der Waals surface area (Å²) in [5, 5.41) is 14.0. The molecule has 96 valence electrons. The second-order valence-corrected chi connectivity index (χ2v) is 5.71. The Morgan fingerprint density at radius 2 is 2.18 bits per heavy atom. The second-order valence-electron chi connectivity index (χ2n) is 4.56. The van der Waals surface area contributed by atoms with Crippen LogP contribution in [0.15, 0.2) is 12.1 Å². The molecule has 1 heterocycles. The Bertz CT molecular complexity index is 350. The molecule has 0 saturated heterocycles. The van der Waals surface area contributed by atoms with Crippen molar-refractivity contribution in [2.24, 2.45) is 5.92 Å². The van der Waals surface area contributed by atoms with Crippen molar-refractivity contribution in [1.82, 2.24) is 5.32 Å². The summed E-state index contributed by atoms with van der Waals surface area (Å²) in [6.45, 7) is 6.19. The molecule has 17 heavy (non-hydrogen) atoms. The molecular formula is C12H20N2O2S. The van der Waals surface area contributed by atoms with Gasteiger partial charge in [0, 0.05) is 17.5 Å². The molecule has 0 aliphatic heterocycles. The molecule has 5 heteroatoms. The van der Waals surface area contributed by atoms with Crippen LogP contribution in [0.4, 0.5) is 5.00 Å². The van der Waals surface area contributed by atoms with E-state index >= 15 is 0 Å². The van der Waals surface area contributed by atoms with Crippen LogP contribution in [-0.2, 0) is 6.54 Å². The number of hydrogen-bond acceptors (Lipinski definition) is 4. The lowest BCUT2D eigenvalue weighted by molar-refractivity contribution is -0.380. The molecule has 1 aromatic heterocycles. The highest BCUT2D eigenvalue weighted by Gasteiger charge is 2.08. The van der Waals surface area contributed by atoms with Gasteiger partial charge in [-0.05, 0) is 24.9 Å². The summed E-state index contributed by atoms with van der Waals surface area (Å²) in [5.74, 6) is 0.773. The van der Waals surface area contributed by atoms with Crippen LogP contribution in [0.5, 0.6) is 0 Å². The first-order valence-electron chi connectivity index (χ1n) is 6.03. The van der Waals surface area contributed by atoms with Crippen LogP contribution in [0.1, 0.15) is 38.0 Å². The standard InChI is InChI=1S/C12H20N2O2S/c1-10(2)5-3-4-8-13-9-11-6-7-12(17-11)14(15)16/h6-7,10,13H,3-5,8-9H2,1-2H3. The van der Waals surface area contributed by atoms with Crippen LogP contribution in [0.2, 0.25) is 0 Å². The van der Waals surface area contributed by atoms with E-state index in [2.05, 4.69) is 19.2 Å². The minimum absolute atomic E-state index is 0.224. The highest BCUT2D eigenvalue weighted by atomic mass is 32.1. The third kappa shape index (κ3) is 5.79. The largest absolute Gasteiger partial charge is 0.324 e. The summed E-state index contributed by atoms with van der Waals surface area (Å²) in [7, 11) is 0. The van der Waals surface area contributed by atoms with Crippen LogP contribution < -0.4 is 5.32 Å². The van der Waals surface area contributed by atoms with Crippen LogP contribution in [-0.4, -0.2) is 11.5 Å². The van der Waals surface area contributed by atoms with E-state index in [-0.39, 0.29) is 9.92 Å². The van der Waals surface area contributed by atoms with Gasteiger partial charge in [-0.15, -0.1) is 0 Å². The lowest BCUT2D eigenvalue weighted by atomic mass is 10.1. The third-order valence-corrected chi connectivity index (χ3v) is 3.55. The Labute approximate surface area is 106 Å². The molecule has 0 bridgehead atoms. The fourth-order valence-electron chi connectivity index (χ4n) is 1.57. The molecule has 0 aliphatic rings. The van der Waals surface area contributed by atoms with E-state index < -0.39 is 0 Å². The zero-order chi connectivity index (χ0) is 12.7. The molecule has 0 radical (unpaired) electrons. The van der Waals surface area contributed by atoms with Gasteiger partial charge in [0.05, 0.1) is 4.92 Å². The van der Waals surface area contributed by atoms with Gasteiger partial charge in [-0.25, -0.2) is 0 Å². The summed E-state index contributed by atoms with van der Waals surface area (Å²) in [5.41, 5.74) is 0. The Hall–Kier alpha value is -0.940. The molecule has 0 aromatic carbocycles. The molecule has 0 amide bonds. The van der Waals surface area contributed by atoms with Crippen molar-refractivity contribution in [2.45, 2.75) is 39.7 Å². The number of unbranched alkanes of at least 4 members (excludes halogenated alkanes) is 1. The number of thiophene rings is 1. The summed E-state index contributed by atoms with van der Waals surface area (Å²) >= 11 is 1.25. The van der Waals surface area contributed by atoms with Crippen LogP contribution >= 0.6 is 11.3 Å². The molecule has 1 N–H and O–H groups in total. The second kappa shape index (κ2) is 7.40. The highest BCUT2D eigenvalue weighted by Crippen LogP contribution is 2.23. The van der Waals surface area contributed by atoms with Gasteiger partial charge in [-0.3, -0.25) is 10.1 Å². The van der Waals surface area contributed by atoms with Crippen LogP contribution in [0.25, 0.3) is 0 Å². The Kier molecular flexibility index (Phi) is 6.15. The number of nitrogens with one attached hydrogen (secondary N) is 1. The van der Waals surface area contributed by atoms with Crippen molar-refractivity contribution < 1.29 is 4.92 Å². The van der Waals surface area contributed by atoms with Gasteiger partial charge in [0.1, 0.15) is 0 Å². The van der Waals surface area contributed by atoms with Gasteiger partial charge in [0.25, 0.3) is 0 Å². The number of rotatable bonds is 8. The minimum Gasteiger partial charge on any atom is -0.312 e.